The number of nitrogens with one attached hydrogen (secondary N) is 1. The molecule has 1 fully saturated rings. The number of esters is 1. The van der Waals surface area contributed by atoms with Crippen LogP contribution < -0.4 is 5.32 Å². The van der Waals surface area contributed by atoms with Crippen LogP contribution in [-0.2, 0) is 16.1 Å². The summed E-state index contributed by atoms with van der Waals surface area (Å²) in [5.74, 6) is 0.907. The largest absolute Gasteiger partial charge is 0.462 e. The number of hydrogen-bond acceptors (Lipinski definition) is 3. The molecule has 0 radical (unpaired) electrons. The maximum absolute atomic E-state index is 12.7. The smallest absolute Gasteiger partial charge is 0.339 e. The topological polar surface area (TPSA) is 60.3 Å². The Bertz CT molecular complexity index is 872. The molecular weight excluding hydrogens is 376 g/mol. The van der Waals surface area contributed by atoms with E-state index < -0.39 is 0 Å². The zero-order chi connectivity index (χ0) is 21.7. The molecule has 2 aromatic rings. The van der Waals surface area contributed by atoms with Crippen LogP contribution >= 0.6 is 0 Å². The summed E-state index contributed by atoms with van der Waals surface area (Å²) in [6.45, 7) is 9.10. The number of hydrogen-bond donors (Lipinski definition) is 1. The van der Waals surface area contributed by atoms with Gasteiger partial charge >= 0.3 is 5.97 Å². The lowest BCUT2D eigenvalue weighted by molar-refractivity contribution is -0.122. The Morgan fingerprint density at radius 1 is 1.17 bits per heavy atom. The highest BCUT2D eigenvalue weighted by atomic mass is 16.5. The van der Waals surface area contributed by atoms with Gasteiger partial charge in [0.05, 0.1) is 12.2 Å². The summed E-state index contributed by atoms with van der Waals surface area (Å²) in [4.78, 5) is 25.1. The van der Waals surface area contributed by atoms with E-state index in [0.29, 0.717) is 37.0 Å². The number of aromatic nitrogens is 1. The third-order valence-corrected chi connectivity index (χ3v) is 6.55. The summed E-state index contributed by atoms with van der Waals surface area (Å²) in [7, 11) is 0. The average Bonchev–Trinajstić information content (AvgIpc) is 3.07. The molecule has 0 aliphatic heterocycles. The lowest BCUT2D eigenvalue weighted by Gasteiger charge is -2.34. The van der Waals surface area contributed by atoms with Crippen molar-refractivity contribution in [3.63, 3.8) is 0 Å². The first-order chi connectivity index (χ1) is 14.4. The van der Waals surface area contributed by atoms with Crippen LogP contribution in [-0.4, -0.2) is 29.1 Å². The van der Waals surface area contributed by atoms with Crippen molar-refractivity contribution in [3.8, 4) is 11.3 Å². The first kappa shape index (κ1) is 22.1. The number of ether oxygens (including phenoxy) is 1. The normalized spacial score (nSPS) is 21.3. The summed E-state index contributed by atoms with van der Waals surface area (Å²) in [6.07, 6.45) is 3.86. The molecule has 1 N–H and O–H groups in total. The Labute approximate surface area is 179 Å². The third-order valence-electron chi connectivity index (χ3n) is 6.55. The summed E-state index contributed by atoms with van der Waals surface area (Å²) < 4.78 is 7.29. The van der Waals surface area contributed by atoms with Crippen LogP contribution in [0.15, 0.2) is 36.4 Å². The fraction of sp³-hybridized carbons (Fsp3) is 0.520. The Balaban J connectivity index is 1.77. The highest BCUT2D eigenvalue weighted by molar-refractivity contribution is 5.92. The maximum Gasteiger partial charge on any atom is 0.339 e. The van der Waals surface area contributed by atoms with Crippen LogP contribution in [0.3, 0.4) is 0 Å². The highest BCUT2D eigenvalue weighted by Gasteiger charge is 2.28. The molecule has 30 heavy (non-hydrogen) atoms. The minimum atomic E-state index is -0.319. The van der Waals surface area contributed by atoms with E-state index in [0.717, 1.165) is 23.4 Å². The van der Waals surface area contributed by atoms with E-state index in [-0.39, 0.29) is 17.9 Å². The molecule has 1 aromatic carbocycles. The fourth-order valence-electron chi connectivity index (χ4n) is 4.47. The molecule has 1 aliphatic carbocycles. The molecule has 1 aromatic heterocycles. The van der Waals surface area contributed by atoms with Crippen molar-refractivity contribution in [1.29, 1.82) is 0 Å². The van der Waals surface area contributed by atoms with Crippen LogP contribution in [0, 0.1) is 18.8 Å². The third kappa shape index (κ3) is 4.94. The summed E-state index contributed by atoms with van der Waals surface area (Å²) in [6, 6.07) is 12.1. The molecule has 0 spiro atoms. The minimum Gasteiger partial charge on any atom is -0.462 e. The van der Waals surface area contributed by atoms with Gasteiger partial charge in [0.25, 0.3) is 0 Å². The van der Waals surface area contributed by atoms with Gasteiger partial charge in [0.1, 0.15) is 0 Å². The van der Waals surface area contributed by atoms with Crippen LogP contribution in [0.5, 0.6) is 0 Å². The Morgan fingerprint density at radius 3 is 2.60 bits per heavy atom. The maximum atomic E-state index is 12.7. The fourth-order valence-corrected chi connectivity index (χ4v) is 4.47. The zero-order valence-electron chi connectivity index (χ0n) is 18.6. The SMILES string of the molecule is CCOC(=O)c1cc(-c2ccccc2)n(CCC(=O)N[C@@H]2CCC[C@H](C)[C@H]2C)c1C. The van der Waals surface area contributed by atoms with E-state index in [2.05, 4.69) is 23.7 Å². The number of amides is 1. The Morgan fingerprint density at radius 2 is 1.90 bits per heavy atom. The molecular formula is C25H34N2O3. The van der Waals surface area contributed by atoms with E-state index >= 15 is 0 Å². The van der Waals surface area contributed by atoms with Gasteiger partial charge in [-0.15, -0.1) is 0 Å². The molecule has 162 valence electrons. The molecule has 1 saturated carbocycles. The van der Waals surface area contributed by atoms with Crippen LogP contribution in [0.25, 0.3) is 11.3 Å². The van der Waals surface area contributed by atoms with Gasteiger partial charge in [0, 0.05) is 30.4 Å². The summed E-state index contributed by atoms with van der Waals surface area (Å²) >= 11 is 0. The standard InChI is InChI=1S/C25H34N2O3/c1-5-30-25(29)21-16-23(20-11-7-6-8-12-20)27(19(21)4)15-14-24(28)26-22-13-9-10-17(2)18(22)3/h6-8,11-12,16-18,22H,5,9-10,13-15H2,1-4H3,(H,26,28)/t17-,18+,22+/m0/s1. The number of carbonyl (C=O) groups is 2. The number of benzene rings is 1. The van der Waals surface area contributed by atoms with Gasteiger partial charge in [-0.25, -0.2) is 4.79 Å². The van der Waals surface area contributed by atoms with Gasteiger partial charge in [-0.1, -0.05) is 57.0 Å². The first-order valence-electron chi connectivity index (χ1n) is 11.1. The van der Waals surface area contributed by atoms with Gasteiger partial charge in [0.2, 0.25) is 5.91 Å². The van der Waals surface area contributed by atoms with E-state index in [4.69, 9.17) is 4.74 Å². The number of nitrogens with zero attached hydrogens (tertiary/aromatic N) is 1. The number of carbonyl (C=O) groups excluding carboxylic acids is 2. The number of rotatable bonds is 7. The second-order valence-electron chi connectivity index (χ2n) is 8.46. The van der Waals surface area contributed by atoms with Crippen LogP contribution in [0.1, 0.15) is 62.5 Å². The molecule has 3 atom stereocenters. The van der Waals surface area contributed by atoms with E-state index in [1.165, 1.54) is 12.8 Å². The average molecular weight is 411 g/mol. The molecule has 0 unspecified atom stereocenters. The summed E-state index contributed by atoms with van der Waals surface area (Å²) in [5.41, 5.74) is 3.35. The van der Waals surface area contributed by atoms with Crippen molar-refractivity contribution >= 4 is 11.9 Å². The quantitative estimate of drug-likeness (QED) is 0.656. The van der Waals surface area contributed by atoms with Gasteiger partial charge < -0.3 is 14.6 Å². The monoisotopic (exact) mass is 410 g/mol. The van der Waals surface area contributed by atoms with Crippen LogP contribution in [0.4, 0.5) is 0 Å². The molecule has 0 saturated heterocycles. The van der Waals surface area contributed by atoms with Gasteiger partial charge in [-0.3, -0.25) is 4.79 Å². The van der Waals surface area contributed by atoms with Crippen molar-refractivity contribution in [3.05, 3.63) is 47.7 Å². The second kappa shape index (κ2) is 9.96. The van der Waals surface area contributed by atoms with Crippen LogP contribution in [0.2, 0.25) is 0 Å². The predicted octanol–water partition coefficient (Wildman–Crippen LogP) is 4.97. The second-order valence-corrected chi connectivity index (χ2v) is 8.46. The van der Waals surface area contributed by atoms with Gasteiger partial charge in [-0.2, -0.15) is 0 Å². The summed E-state index contributed by atoms with van der Waals surface area (Å²) in [5, 5.41) is 3.25. The Kier molecular flexibility index (Phi) is 7.35. The lowest BCUT2D eigenvalue weighted by atomic mass is 9.78. The van der Waals surface area contributed by atoms with Crippen molar-refractivity contribution < 1.29 is 14.3 Å². The molecule has 3 rings (SSSR count). The van der Waals surface area contributed by atoms with Crippen molar-refractivity contribution in [2.45, 2.75) is 66.0 Å². The van der Waals surface area contributed by atoms with Crippen molar-refractivity contribution in [2.24, 2.45) is 11.8 Å². The molecule has 5 heteroatoms. The zero-order valence-corrected chi connectivity index (χ0v) is 18.6. The molecule has 5 nitrogen and oxygen atoms in total. The van der Waals surface area contributed by atoms with Crippen molar-refractivity contribution in [1.82, 2.24) is 9.88 Å². The Hall–Kier alpha value is -2.56. The molecule has 1 amide bonds. The first-order valence-corrected chi connectivity index (χ1v) is 11.1. The van der Waals surface area contributed by atoms with E-state index in [1.54, 1.807) is 6.92 Å². The van der Waals surface area contributed by atoms with Gasteiger partial charge in [-0.05, 0) is 43.7 Å². The molecule has 1 aliphatic rings. The molecule has 1 heterocycles. The van der Waals surface area contributed by atoms with E-state index in [1.807, 2.05) is 43.3 Å². The minimum absolute atomic E-state index is 0.0748. The lowest BCUT2D eigenvalue weighted by Crippen LogP contribution is -2.43. The van der Waals surface area contributed by atoms with E-state index in [9.17, 15) is 9.59 Å². The predicted molar refractivity (Wildman–Crippen MR) is 119 cm³/mol. The molecule has 0 bridgehead atoms. The van der Waals surface area contributed by atoms with Gasteiger partial charge in [0.15, 0.2) is 0 Å². The van der Waals surface area contributed by atoms with Crippen molar-refractivity contribution in [2.75, 3.05) is 6.61 Å². The highest BCUT2D eigenvalue weighted by Crippen LogP contribution is 2.30.